The first kappa shape index (κ1) is 22.7. The van der Waals surface area contributed by atoms with Gasteiger partial charge in [-0.3, -0.25) is 23.4 Å². The fraction of sp³-hybridized carbons (Fsp3) is 0.375. The van der Waals surface area contributed by atoms with E-state index in [0.717, 1.165) is 4.57 Å². The summed E-state index contributed by atoms with van der Waals surface area (Å²) in [6.45, 7) is 10.2. The number of nitrogens with two attached hydrogens (primary N) is 1. The molecule has 13 nitrogen and oxygen atoms in total. The van der Waals surface area contributed by atoms with Crippen molar-refractivity contribution in [2.75, 3.05) is 5.75 Å². The highest BCUT2D eigenvalue weighted by Crippen LogP contribution is 2.34. The van der Waals surface area contributed by atoms with E-state index < -0.39 is 33.2 Å². The molecule has 0 saturated carbocycles. The number of aromatic nitrogens is 3. The second-order valence-corrected chi connectivity index (χ2v) is 7.90. The number of hydrogen-bond acceptors (Lipinski definition) is 8. The fourth-order valence-corrected chi connectivity index (χ4v) is 3.22. The molecule has 14 heteroatoms. The number of carbonyl (C=O) groups excluding carboxylic acids is 1. The van der Waals surface area contributed by atoms with Crippen molar-refractivity contribution >= 4 is 33.2 Å². The maximum atomic E-state index is 12.5. The molecule has 0 aromatic carbocycles. The van der Waals surface area contributed by atoms with Gasteiger partial charge in [0.15, 0.2) is 11.5 Å². The highest BCUT2D eigenvalue weighted by atomic mass is 32.2. The number of primary amides is 1. The average Bonchev–Trinajstić information content (AvgIpc) is 2.93. The highest BCUT2D eigenvalue weighted by molar-refractivity contribution is 7.85. The third-order valence-corrected chi connectivity index (χ3v) is 5.03. The van der Waals surface area contributed by atoms with Crippen LogP contribution in [-0.4, -0.2) is 44.1 Å². The molecule has 0 aliphatic heterocycles. The van der Waals surface area contributed by atoms with Gasteiger partial charge in [-0.25, -0.2) is 4.85 Å². The molecule has 0 bridgehead atoms. The molecule has 4 N–H and O–H groups in total. The second kappa shape index (κ2) is 8.43. The lowest BCUT2D eigenvalue weighted by molar-refractivity contribution is 0.0995. The molecule has 2 aromatic heterocycles. The highest BCUT2D eigenvalue weighted by Gasteiger charge is 2.22. The minimum atomic E-state index is -4.17. The standard InChI is InChI=1S/C16H19N7O6S/c1-8-10(13(17)24)15(25)22(4)16(26)11(8)19-20-14-12(18-3)9(2)21-23(14)6-5-7-30(27,28)29/h25H,5-7H2,1-2,4H3,(H2,17,24)(H,27,28,29). The van der Waals surface area contributed by atoms with Gasteiger partial charge in [0, 0.05) is 19.2 Å². The molecule has 2 rings (SSSR count). The molecule has 2 aromatic rings. The predicted molar refractivity (Wildman–Crippen MR) is 105 cm³/mol. The van der Waals surface area contributed by atoms with Crippen LogP contribution in [0.15, 0.2) is 15.0 Å². The van der Waals surface area contributed by atoms with Gasteiger partial charge in [0.1, 0.15) is 5.56 Å². The molecule has 2 heterocycles. The minimum Gasteiger partial charge on any atom is -0.494 e. The van der Waals surface area contributed by atoms with Crippen LogP contribution in [0.4, 0.5) is 17.2 Å². The first-order valence-electron chi connectivity index (χ1n) is 8.43. The Kier molecular flexibility index (Phi) is 6.38. The molecule has 0 fully saturated rings. The van der Waals surface area contributed by atoms with E-state index in [9.17, 15) is 23.1 Å². The van der Waals surface area contributed by atoms with Crippen molar-refractivity contribution in [1.82, 2.24) is 14.3 Å². The molecular formula is C16H19N7O6S. The molecule has 0 radical (unpaired) electrons. The number of amides is 1. The van der Waals surface area contributed by atoms with Crippen LogP contribution in [0.2, 0.25) is 0 Å². The zero-order valence-electron chi connectivity index (χ0n) is 16.3. The topological polar surface area (TPSA) is 187 Å². The maximum absolute atomic E-state index is 12.5. The Bertz CT molecular complexity index is 1250. The number of carbonyl (C=O) groups is 1. The Morgan fingerprint density at radius 1 is 1.33 bits per heavy atom. The van der Waals surface area contributed by atoms with E-state index in [1.807, 2.05) is 0 Å². The zero-order chi connectivity index (χ0) is 22.8. The molecule has 0 unspecified atom stereocenters. The summed E-state index contributed by atoms with van der Waals surface area (Å²) in [7, 11) is -2.95. The molecule has 30 heavy (non-hydrogen) atoms. The van der Waals surface area contributed by atoms with Gasteiger partial charge in [0.2, 0.25) is 5.88 Å². The predicted octanol–water partition coefficient (Wildman–Crippen LogP) is 1.25. The van der Waals surface area contributed by atoms with Crippen LogP contribution >= 0.6 is 0 Å². The van der Waals surface area contributed by atoms with Crippen LogP contribution in [0.3, 0.4) is 0 Å². The summed E-state index contributed by atoms with van der Waals surface area (Å²) in [6.07, 6.45) is -0.00819. The molecule has 0 saturated heterocycles. The van der Waals surface area contributed by atoms with Gasteiger partial charge >= 0.3 is 0 Å². The molecule has 0 aliphatic rings. The van der Waals surface area contributed by atoms with Crippen molar-refractivity contribution in [3.8, 4) is 5.88 Å². The first-order valence-corrected chi connectivity index (χ1v) is 10.0. The fourth-order valence-electron chi connectivity index (χ4n) is 2.72. The number of azo groups is 1. The molecule has 0 aliphatic carbocycles. The largest absolute Gasteiger partial charge is 0.494 e. The van der Waals surface area contributed by atoms with Crippen molar-refractivity contribution in [3.05, 3.63) is 38.6 Å². The van der Waals surface area contributed by atoms with Gasteiger partial charge < -0.3 is 10.8 Å². The van der Waals surface area contributed by atoms with E-state index in [1.165, 1.54) is 18.7 Å². The Morgan fingerprint density at radius 3 is 2.50 bits per heavy atom. The Hall–Kier alpha value is -3.57. The van der Waals surface area contributed by atoms with Gasteiger partial charge in [-0.15, -0.1) is 10.2 Å². The normalized spacial score (nSPS) is 11.7. The molecule has 1 amide bonds. The number of aryl methyl sites for hydroxylation is 2. The van der Waals surface area contributed by atoms with Crippen LogP contribution in [0.25, 0.3) is 4.85 Å². The summed E-state index contributed by atoms with van der Waals surface area (Å²) in [6, 6.07) is 0. The molecular weight excluding hydrogens is 418 g/mol. The number of nitrogens with zero attached hydrogens (tertiary/aromatic N) is 6. The van der Waals surface area contributed by atoms with Crippen LogP contribution < -0.4 is 11.3 Å². The van der Waals surface area contributed by atoms with Crippen LogP contribution in [-0.2, 0) is 23.7 Å². The SMILES string of the molecule is [C-]#[N+]c1c(C)nn(CCCS(=O)(=O)O)c1N=Nc1c(C)c(C(N)=O)c(O)n(C)c1=O. The summed E-state index contributed by atoms with van der Waals surface area (Å²) in [5, 5.41) is 21.9. The Balaban J connectivity index is 2.57. The van der Waals surface area contributed by atoms with E-state index in [2.05, 4.69) is 20.2 Å². The Labute approximate surface area is 171 Å². The quantitative estimate of drug-likeness (QED) is 0.330. The summed E-state index contributed by atoms with van der Waals surface area (Å²) < 4.78 is 32.7. The molecule has 0 atom stereocenters. The number of aromatic hydroxyl groups is 1. The van der Waals surface area contributed by atoms with Crippen molar-refractivity contribution in [1.29, 1.82) is 0 Å². The van der Waals surface area contributed by atoms with E-state index >= 15 is 0 Å². The lowest BCUT2D eigenvalue weighted by Gasteiger charge is -2.11. The molecule has 0 spiro atoms. The lowest BCUT2D eigenvalue weighted by atomic mass is 10.1. The van der Waals surface area contributed by atoms with Crippen LogP contribution in [0.1, 0.15) is 28.0 Å². The van der Waals surface area contributed by atoms with Crippen LogP contribution in [0, 0.1) is 20.4 Å². The van der Waals surface area contributed by atoms with Gasteiger partial charge in [0.25, 0.3) is 27.3 Å². The van der Waals surface area contributed by atoms with Crippen molar-refractivity contribution in [2.45, 2.75) is 26.8 Å². The van der Waals surface area contributed by atoms with Crippen molar-refractivity contribution in [2.24, 2.45) is 23.0 Å². The summed E-state index contributed by atoms with van der Waals surface area (Å²) in [5.74, 6) is -2.13. The average molecular weight is 437 g/mol. The number of hydrogen-bond donors (Lipinski definition) is 3. The maximum Gasteiger partial charge on any atom is 0.281 e. The number of pyridine rings is 1. The molecule has 160 valence electrons. The van der Waals surface area contributed by atoms with Gasteiger partial charge in [-0.05, 0) is 20.3 Å². The van der Waals surface area contributed by atoms with Crippen molar-refractivity contribution in [3.63, 3.8) is 0 Å². The zero-order valence-corrected chi connectivity index (χ0v) is 17.1. The lowest BCUT2D eigenvalue weighted by Crippen LogP contribution is -2.23. The van der Waals surface area contributed by atoms with Gasteiger partial charge in [-0.1, -0.05) is 0 Å². The summed E-state index contributed by atoms with van der Waals surface area (Å²) in [4.78, 5) is 27.4. The van der Waals surface area contributed by atoms with E-state index in [1.54, 1.807) is 6.92 Å². The van der Waals surface area contributed by atoms with Gasteiger partial charge in [0.05, 0.1) is 18.0 Å². The minimum absolute atomic E-state index is 0.00358. The van der Waals surface area contributed by atoms with Gasteiger partial charge in [-0.2, -0.15) is 13.5 Å². The third-order valence-electron chi connectivity index (χ3n) is 4.22. The smallest absolute Gasteiger partial charge is 0.281 e. The Morgan fingerprint density at radius 2 is 1.97 bits per heavy atom. The van der Waals surface area contributed by atoms with E-state index in [-0.39, 0.29) is 41.3 Å². The third kappa shape index (κ3) is 4.53. The second-order valence-electron chi connectivity index (χ2n) is 6.33. The van der Waals surface area contributed by atoms with Crippen molar-refractivity contribution < 1.29 is 22.9 Å². The van der Waals surface area contributed by atoms with Crippen LogP contribution in [0.5, 0.6) is 5.88 Å². The summed E-state index contributed by atoms with van der Waals surface area (Å²) in [5.41, 5.74) is 4.29. The summed E-state index contributed by atoms with van der Waals surface area (Å²) >= 11 is 0. The first-order chi connectivity index (χ1) is 13.9. The van der Waals surface area contributed by atoms with E-state index in [4.69, 9.17) is 16.9 Å². The monoisotopic (exact) mass is 437 g/mol. The number of rotatable bonds is 7. The van der Waals surface area contributed by atoms with E-state index in [0.29, 0.717) is 5.69 Å².